The molecule has 0 aromatic carbocycles. The number of unbranched alkanes of at least 4 members (excludes halogenated alkanes) is 14. The van der Waals surface area contributed by atoms with Gasteiger partial charge in [-0.15, -0.1) is 0 Å². The maximum absolute atomic E-state index is 12.2. The molecule has 1 fully saturated rings. The predicted molar refractivity (Wildman–Crippen MR) is 149 cm³/mol. The fourth-order valence-electron chi connectivity index (χ4n) is 5.08. The van der Waals surface area contributed by atoms with Gasteiger partial charge in [0.25, 0.3) is 0 Å². The number of rotatable bonds is 25. The first kappa shape index (κ1) is 34.0. The molecule has 7 heteroatoms. The summed E-state index contributed by atoms with van der Waals surface area (Å²) in [4.78, 5) is 24.2. The standard InChI is InChI=1S/C30H57NO6/c1-4-5-6-7-8-9-10-11-12-13-14-15-18-21-28(34)31-22-19-16-17-20-26(33)24-36-29-25(2)37-27(23-32)30(29)35-3/h25,27,29-30,32H,4-24H2,1-3H3,(H,31,34)/t25-,27+,29-,30+/m0/s1. The van der Waals surface area contributed by atoms with E-state index < -0.39 is 6.10 Å². The number of amides is 1. The van der Waals surface area contributed by atoms with E-state index in [-0.39, 0.29) is 43.2 Å². The molecule has 0 unspecified atom stereocenters. The molecule has 1 aliphatic heterocycles. The largest absolute Gasteiger partial charge is 0.394 e. The molecule has 0 spiro atoms. The van der Waals surface area contributed by atoms with Crippen LogP contribution in [0.3, 0.4) is 0 Å². The van der Waals surface area contributed by atoms with Gasteiger partial charge in [-0.1, -0.05) is 90.4 Å². The first-order valence-corrected chi connectivity index (χ1v) is 15.2. The Morgan fingerprint density at radius 3 is 1.89 bits per heavy atom. The van der Waals surface area contributed by atoms with E-state index in [0.717, 1.165) is 32.1 Å². The highest BCUT2D eigenvalue weighted by molar-refractivity contribution is 5.79. The number of aliphatic hydroxyl groups is 1. The Balaban J connectivity index is 1.88. The number of ether oxygens (including phenoxy) is 3. The van der Waals surface area contributed by atoms with Gasteiger partial charge in [-0.2, -0.15) is 0 Å². The van der Waals surface area contributed by atoms with Crippen LogP contribution in [0, 0.1) is 0 Å². The van der Waals surface area contributed by atoms with Crippen LogP contribution in [0.5, 0.6) is 0 Å². The quantitative estimate of drug-likeness (QED) is 0.144. The average molecular weight is 528 g/mol. The number of nitrogens with one attached hydrogen (secondary N) is 1. The van der Waals surface area contributed by atoms with E-state index >= 15 is 0 Å². The van der Waals surface area contributed by atoms with E-state index in [1.807, 2.05) is 6.92 Å². The monoisotopic (exact) mass is 527 g/mol. The number of ketones is 1. The van der Waals surface area contributed by atoms with E-state index in [1.165, 1.54) is 70.6 Å². The minimum Gasteiger partial charge on any atom is -0.394 e. The first-order valence-electron chi connectivity index (χ1n) is 15.2. The summed E-state index contributed by atoms with van der Waals surface area (Å²) < 4.78 is 16.8. The van der Waals surface area contributed by atoms with Crippen LogP contribution in [0.1, 0.15) is 129 Å². The van der Waals surface area contributed by atoms with Crippen molar-refractivity contribution in [2.24, 2.45) is 0 Å². The molecule has 0 aromatic rings. The number of Topliss-reactive ketones (excluding diaryl/α,β-unsaturated/α-hetero) is 1. The number of methoxy groups -OCH3 is 1. The lowest BCUT2D eigenvalue weighted by Gasteiger charge is -2.21. The van der Waals surface area contributed by atoms with Gasteiger partial charge in [0, 0.05) is 26.5 Å². The van der Waals surface area contributed by atoms with Gasteiger partial charge < -0.3 is 24.6 Å². The minimum absolute atomic E-state index is 0.0340. The Bertz CT molecular complexity index is 572. The zero-order chi connectivity index (χ0) is 27.1. The molecule has 1 saturated heterocycles. The van der Waals surface area contributed by atoms with Crippen LogP contribution in [0.4, 0.5) is 0 Å². The summed E-state index contributed by atoms with van der Waals surface area (Å²) in [6.45, 7) is 4.71. The maximum atomic E-state index is 12.2. The Morgan fingerprint density at radius 2 is 1.32 bits per heavy atom. The molecule has 7 nitrogen and oxygen atoms in total. The van der Waals surface area contributed by atoms with Crippen molar-refractivity contribution in [1.29, 1.82) is 0 Å². The van der Waals surface area contributed by atoms with Crippen LogP contribution >= 0.6 is 0 Å². The second-order valence-electron chi connectivity index (χ2n) is 10.7. The SMILES string of the molecule is CCCCCCCCCCCCCCCC(=O)NCCCCCC(=O)CO[C@@H]1[C@H](OC)[C@@H](CO)O[C@H]1C. The molecule has 0 aliphatic carbocycles. The zero-order valence-corrected chi connectivity index (χ0v) is 24.1. The second-order valence-corrected chi connectivity index (χ2v) is 10.7. The third-order valence-electron chi connectivity index (χ3n) is 7.39. The van der Waals surface area contributed by atoms with E-state index in [0.29, 0.717) is 19.4 Å². The van der Waals surface area contributed by atoms with E-state index in [1.54, 1.807) is 7.11 Å². The average Bonchev–Trinajstić information content (AvgIpc) is 3.21. The number of carbonyl (C=O) groups excluding carboxylic acids is 2. The molecule has 218 valence electrons. The van der Waals surface area contributed by atoms with E-state index in [2.05, 4.69) is 12.2 Å². The number of carbonyl (C=O) groups is 2. The van der Waals surface area contributed by atoms with Gasteiger partial charge in [-0.05, 0) is 26.2 Å². The van der Waals surface area contributed by atoms with Gasteiger partial charge in [0.15, 0.2) is 5.78 Å². The number of hydrogen-bond acceptors (Lipinski definition) is 6. The van der Waals surface area contributed by atoms with Crippen LogP contribution in [-0.4, -0.2) is 68.1 Å². The smallest absolute Gasteiger partial charge is 0.219 e. The maximum Gasteiger partial charge on any atom is 0.219 e. The summed E-state index contributed by atoms with van der Waals surface area (Å²) in [7, 11) is 1.56. The van der Waals surface area contributed by atoms with Crippen molar-refractivity contribution in [3.63, 3.8) is 0 Å². The lowest BCUT2D eigenvalue weighted by atomic mass is 10.0. The predicted octanol–water partition coefficient (Wildman–Crippen LogP) is 5.89. The number of hydrogen-bond donors (Lipinski definition) is 2. The van der Waals surface area contributed by atoms with Gasteiger partial charge in [0.05, 0.1) is 12.7 Å². The molecular formula is C30H57NO6. The topological polar surface area (TPSA) is 94.1 Å². The van der Waals surface area contributed by atoms with Gasteiger partial charge >= 0.3 is 0 Å². The summed E-state index contributed by atoms with van der Waals surface area (Å²) in [5.41, 5.74) is 0. The van der Waals surface area contributed by atoms with E-state index in [9.17, 15) is 14.7 Å². The number of aliphatic hydroxyl groups excluding tert-OH is 1. The van der Waals surface area contributed by atoms with Gasteiger partial charge in [0.2, 0.25) is 5.91 Å². The van der Waals surface area contributed by atoms with Crippen LogP contribution < -0.4 is 5.32 Å². The molecule has 4 atom stereocenters. The Morgan fingerprint density at radius 1 is 0.784 bits per heavy atom. The Kier molecular flexibility index (Phi) is 21.1. The Labute approximate surface area is 226 Å². The summed E-state index contributed by atoms with van der Waals surface area (Å²) in [5, 5.41) is 12.4. The molecule has 0 aromatic heterocycles. The molecule has 1 amide bonds. The van der Waals surface area contributed by atoms with Crippen molar-refractivity contribution in [3.05, 3.63) is 0 Å². The normalized spacial score (nSPS) is 21.4. The highest BCUT2D eigenvalue weighted by Crippen LogP contribution is 2.26. The van der Waals surface area contributed by atoms with Gasteiger partial charge in [-0.25, -0.2) is 0 Å². The van der Waals surface area contributed by atoms with Crippen LogP contribution in [0.2, 0.25) is 0 Å². The molecule has 1 heterocycles. The van der Waals surface area contributed by atoms with Crippen molar-refractivity contribution >= 4 is 11.7 Å². The lowest BCUT2D eigenvalue weighted by molar-refractivity contribution is -0.129. The van der Waals surface area contributed by atoms with Crippen LogP contribution in [-0.2, 0) is 23.8 Å². The van der Waals surface area contributed by atoms with Crippen molar-refractivity contribution in [3.8, 4) is 0 Å². The van der Waals surface area contributed by atoms with Gasteiger partial charge in [0.1, 0.15) is 24.9 Å². The summed E-state index contributed by atoms with van der Waals surface area (Å²) in [6, 6.07) is 0. The third-order valence-corrected chi connectivity index (χ3v) is 7.39. The summed E-state index contributed by atoms with van der Waals surface area (Å²) in [5.74, 6) is 0.204. The molecule has 0 saturated carbocycles. The van der Waals surface area contributed by atoms with Gasteiger partial charge in [-0.3, -0.25) is 9.59 Å². The van der Waals surface area contributed by atoms with Crippen molar-refractivity contribution in [1.82, 2.24) is 5.32 Å². The minimum atomic E-state index is -0.417. The lowest BCUT2D eigenvalue weighted by Crippen LogP contribution is -2.38. The summed E-state index contributed by atoms with van der Waals surface area (Å²) in [6.07, 6.45) is 19.4. The van der Waals surface area contributed by atoms with E-state index in [4.69, 9.17) is 14.2 Å². The molecule has 2 N–H and O–H groups in total. The summed E-state index contributed by atoms with van der Waals surface area (Å²) >= 11 is 0. The van der Waals surface area contributed by atoms with Crippen molar-refractivity contribution in [2.45, 2.75) is 154 Å². The van der Waals surface area contributed by atoms with Crippen molar-refractivity contribution < 1.29 is 28.9 Å². The fourth-order valence-corrected chi connectivity index (χ4v) is 5.08. The highest BCUT2D eigenvalue weighted by Gasteiger charge is 2.43. The third kappa shape index (κ3) is 16.5. The van der Waals surface area contributed by atoms with Crippen molar-refractivity contribution in [2.75, 3.05) is 26.9 Å². The molecule has 1 rings (SSSR count). The van der Waals surface area contributed by atoms with Crippen LogP contribution in [0.15, 0.2) is 0 Å². The molecule has 1 aliphatic rings. The molecule has 37 heavy (non-hydrogen) atoms. The fraction of sp³-hybridized carbons (Fsp3) is 0.933. The molecule has 0 radical (unpaired) electrons. The Hall–Kier alpha value is -1.02. The second kappa shape index (κ2) is 22.9. The van der Waals surface area contributed by atoms with Crippen LogP contribution in [0.25, 0.3) is 0 Å². The molecule has 0 bridgehead atoms. The first-order chi connectivity index (χ1) is 18.0. The zero-order valence-electron chi connectivity index (χ0n) is 24.1. The highest BCUT2D eigenvalue weighted by atomic mass is 16.6. The molecular weight excluding hydrogens is 470 g/mol.